The molecule has 0 fully saturated rings. The van der Waals surface area contributed by atoms with E-state index in [1.807, 2.05) is 0 Å². The second-order valence-corrected chi connectivity index (χ2v) is 5.69. The van der Waals surface area contributed by atoms with Gasteiger partial charge < -0.3 is 26.2 Å². The number of benzene rings is 1. The zero-order valence-corrected chi connectivity index (χ0v) is 13.4. The molecule has 1 aliphatic heterocycles. The monoisotopic (exact) mass is 349 g/mol. The summed E-state index contributed by atoms with van der Waals surface area (Å²) in [6, 6.07) is 2.77. The maximum Gasteiger partial charge on any atom is 0.336 e. The molecular formula is C16H19N3O6. The van der Waals surface area contributed by atoms with Crippen LogP contribution in [0.1, 0.15) is 44.7 Å². The van der Waals surface area contributed by atoms with Gasteiger partial charge in [-0.15, -0.1) is 0 Å². The van der Waals surface area contributed by atoms with Crippen molar-refractivity contribution in [1.29, 1.82) is 0 Å². The van der Waals surface area contributed by atoms with Gasteiger partial charge in [-0.2, -0.15) is 0 Å². The molecule has 0 saturated heterocycles. The third-order valence-electron chi connectivity index (χ3n) is 3.88. The van der Waals surface area contributed by atoms with Crippen LogP contribution in [0, 0.1) is 0 Å². The number of hydrogen-bond donors (Lipinski definition) is 4. The lowest BCUT2D eigenvalue weighted by molar-refractivity contribution is -0.136. The predicted molar refractivity (Wildman–Crippen MR) is 85.9 cm³/mol. The molecule has 5 N–H and O–H groups in total. The first-order chi connectivity index (χ1) is 11.8. The molecule has 0 aliphatic carbocycles. The van der Waals surface area contributed by atoms with E-state index in [2.05, 4.69) is 5.32 Å². The highest BCUT2D eigenvalue weighted by Crippen LogP contribution is 2.27. The van der Waals surface area contributed by atoms with Crippen molar-refractivity contribution in [3.63, 3.8) is 0 Å². The quantitative estimate of drug-likeness (QED) is 0.531. The number of carbonyl (C=O) groups excluding carboxylic acids is 2. The molecule has 9 nitrogen and oxygen atoms in total. The molecule has 1 aromatic carbocycles. The number of carboxylic acids is 2. The highest BCUT2D eigenvalue weighted by atomic mass is 16.4. The van der Waals surface area contributed by atoms with Crippen molar-refractivity contribution in [3.8, 4) is 0 Å². The Morgan fingerprint density at radius 1 is 1.08 bits per heavy atom. The first kappa shape index (κ1) is 18.4. The molecule has 0 radical (unpaired) electrons. The fraction of sp³-hybridized carbons (Fsp3) is 0.375. The number of hydrogen-bond acceptors (Lipinski definition) is 5. The van der Waals surface area contributed by atoms with Gasteiger partial charge in [0.1, 0.15) is 6.54 Å². The zero-order valence-electron chi connectivity index (χ0n) is 13.4. The minimum Gasteiger partial charge on any atom is -0.480 e. The number of aliphatic carboxylic acids is 1. The first-order valence-corrected chi connectivity index (χ1v) is 7.70. The third-order valence-corrected chi connectivity index (χ3v) is 3.88. The largest absolute Gasteiger partial charge is 0.480 e. The number of nitrogens with zero attached hydrogens (tertiary/aromatic N) is 1. The molecule has 9 heteroatoms. The minimum absolute atomic E-state index is 0.0876. The Morgan fingerprint density at radius 3 is 2.20 bits per heavy atom. The molecule has 1 aliphatic rings. The molecule has 0 atom stereocenters. The summed E-state index contributed by atoms with van der Waals surface area (Å²) < 4.78 is 0. The maximum absolute atomic E-state index is 12.1. The van der Waals surface area contributed by atoms with Crippen molar-refractivity contribution in [3.05, 3.63) is 34.4 Å². The molecule has 2 rings (SSSR count). The van der Waals surface area contributed by atoms with Crippen LogP contribution in [0.15, 0.2) is 12.1 Å². The summed E-state index contributed by atoms with van der Waals surface area (Å²) in [5, 5.41) is 20.1. The Balaban J connectivity index is 2.25. The van der Waals surface area contributed by atoms with Crippen LogP contribution >= 0.6 is 0 Å². The van der Waals surface area contributed by atoms with Crippen molar-refractivity contribution >= 4 is 23.8 Å². The van der Waals surface area contributed by atoms with Crippen molar-refractivity contribution in [2.45, 2.75) is 25.9 Å². The summed E-state index contributed by atoms with van der Waals surface area (Å²) in [4.78, 5) is 47.8. The van der Waals surface area contributed by atoms with Gasteiger partial charge in [0.05, 0.1) is 11.1 Å². The molecule has 1 heterocycles. The van der Waals surface area contributed by atoms with Crippen LogP contribution in [-0.4, -0.2) is 52.0 Å². The number of nitrogens with two attached hydrogens (primary N) is 1. The molecule has 0 saturated carbocycles. The standard InChI is InChI=1S/C16H19N3O6/c17-3-1-2-13(20)19-7-9-4-11(15(23)18-6-14(21)22)12(16(24)25)5-10(9)8-19/h4-5H,1-3,6-8,17H2,(H,18,23)(H,21,22)(H,24,25). The molecule has 134 valence electrons. The van der Waals surface area contributed by atoms with Gasteiger partial charge in [-0.25, -0.2) is 4.79 Å². The Hall–Kier alpha value is -2.94. The maximum atomic E-state index is 12.1. The Bertz CT molecular complexity index is 731. The van der Waals surface area contributed by atoms with Gasteiger partial charge in [0.15, 0.2) is 0 Å². The molecular weight excluding hydrogens is 330 g/mol. The van der Waals surface area contributed by atoms with E-state index >= 15 is 0 Å². The van der Waals surface area contributed by atoms with Crippen LogP contribution in [0.4, 0.5) is 0 Å². The van der Waals surface area contributed by atoms with E-state index in [9.17, 15) is 24.3 Å². The zero-order chi connectivity index (χ0) is 18.6. The van der Waals surface area contributed by atoms with E-state index in [-0.39, 0.29) is 30.1 Å². The lowest BCUT2D eigenvalue weighted by atomic mass is 9.99. The van der Waals surface area contributed by atoms with E-state index in [0.717, 1.165) is 0 Å². The molecule has 0 bridgehead atoms. The van der Waals surface area contributed by atoms with Crippen LogP contribution in [0.3, 0.4) is 0 Å². The lowest BCUT2D eigenvalue weighted by Gasteiger charge is -2.14. The smallest absolute Gasteiger partial charge is 0.336 e. The van der Waals surface area contributed by atoms with Gasteiger partial charge in [-0.05, 0) is 36.2 Å². The summed E-state index contributed by atoms with van der Waals surface area (Å²) in [7, 11) is 0. The Labute approximate surface area is 143 Å². The summed E-state index contributed by atoms with van der Waals surface area (Å²) in [6.45, 7) is 0.343. The van der Waals surface area contributed by atoms with E-state index in [0.29, 0.717) is 30.5 Å². The Kier molecular flexibility index (Phi) is 5.71. The SMILES string of the molecule is NCCCC(=O)N1Cc2cc(C(=O)O)c(C(=O)NCC(=O)O)cc2C1. The average molecular weight is 349 g/mol. The lowest BCUT2D eigenvalue weighted by Crippen LogP contribution is -2.30. The van der Waals surface area contributed by atoms with Gasteiger partial charge in [-0.1, -0.05) is 0 Å². The third kappa shape index (κ3) is 4.32. The number of aromatic carboxylic acids is 1. The number of fused-ring (bicyclic) bond motifs is 1. The van der Waals surface area contributed by atoms with Gasteiger partial charge >= 0.3 is 11.9 Å². The normalized spacial score (nSPS) is 12.6. The van der Waals surface area contributed by atoms with Gasteiger partial charge in [-0.3, -0.25) is 14.4 Å². The number of nitrogens with one attached hydrogen (secondary N) is 1. The first-order valence-electron chi connectivity index (χ1n) is 7.70. The van der Waals surface area contributed by atoms with Gasteiger partial charge in [0, 0.05) is 19.5 Å². The van der Waals surface area contributed by atoms with Crippen molar-refractivity contribution in [2.24, 2.45) is 5.73 Å². The van der Waals surface area contributed by atoms with E-state index < -0.39 is 24.4 Å². The topological polar surface area (TPSA) is 150 Å². The van der Waals surface area contributed by atoms with Crippen LogP contribution in [0.2, 0.25) is 0 Å². The molecule has 25 heavy (non-hydrogen) atoms. The average Bonchev–Trinajstić information content (AvgIpc) is 2.99. The van der Waals surface area contributed by atoms with Crippen LogP contribution in [0.5, 0.6) is 0 Å². The molecule has 0 spiro atoms. The molecule has 1 aromatic rings. The summed E-state index contributed by atoms with van der Waals surface area (Å²) >= 11 is 0. The number of carboxylic acid groups (broad SMARTS) is 2. The minimum atomic E-state index is -1.30. The summed E-state index contributed by atoms with van der Waals surface area (Å²) in [5.74, 6) is -3.40. The van der Waals surface area contributed by atoms with Crippen molar-refractivity contribution in [1.82, 2.24) is 10.2 Å². The predicted octanol–water partition coefficient (Wildman–Crippen LogP) is -0.220. The van der Waals surface area contributed by atoms with Crippen LogP contribution in [-0.2, 0) is 22.7 Å². The van der Waals surface area contributed by atoms with Gasteiger partial charge in [0.2, 0.25) is 5.91 Å². The fourth-order valence-corrected chi connectivity index (χ4v) is 2.65. The molecule has 0 aromatic heterocycles. The van der Waals surface area contributed by atoms with E-state index in [1.165, 1.54) is 12.1 Å². The van der Waals surface area contributed by atoms with Crippen molar-refractivity contribution in [2.75, 3.05) is 13.1 Å². The number of amides is 2. The highest BCUT2D eigenvalue weighted by molar-refractivity contribution is 6.05. The second kappa shape index (κ2) is 7.75. The molecule has 2 amide bonds. The van der Waals surface area contributed by atoms with E-state index in [4.69, 9.17) is 10.8 Å². The molecule has 0 unspecified atom stereocenters. The number of carbonyl (C=O) groups is 4. The van der Waals surface area contributed by atoms with E-state index in [1.54, 1.807) is 4.90 Å². The summed E-state index contributed by atoms with van der Waals surface area (Å²) in [6.07, 6.45) is 0.872. The summed E-state index contributed by atoms with van der Waals surface area (Å²) in [5.41, 5.74) is 6.38. The fourth-order valence-electron chi connectivity index (χ4n) is 2.65. The number of rotatable bonds is 7. The highest BCUT2D eigenvalue weighted by Gasteiger charge is 2.27. The van der Waals surface area contributed by atoms with Gasteiger partial charge in [0.25, 0.3) is 5.91 Å². The second-order valence-electron chi connectivity index (χ2n) is 5.69. The van der Waals surface area contributed by atoms with Crippen LogP contribution in [0.25, 0.3) is 0 Å². The Morgan fingerprint density at radius 2 is 1.68 bits per heavy atom. The van der Waals surface area contributed by atoms with Crippen LogP contribution < -0.4 is 11.1 Å². The van der Waals surface area contributed by atoms with Crippen molar-refractivity contribution < 1.29 is 29.4 Å².